The standard InChI is InChI=1S/C41H45N7O3/c1-23(2)35(47-40(50)51-3)39(49)48-22-41(14-15-41)19-34(48)37-42-21-33(45-37)29-11-10-27-16-26(8-9-28(27)17-29)24-4-6-25(7-5-24)32-20-43-38(46-32)36-30-12-13-31(18-30)44-36/h4-11,16-17,20-21,23,30-31,34-36,44H,12-15,18-19,22H2,1-3H3,(H,42,45)(H,43,46)(H,47,50)/t30-,31-,34+,35+,36+/m1/s1. The number of methoxy groups -OCH3 is 1. The molecular formula is C41H45N7O3. The third-order valence-corrected chi connectivity index (χ3v) is 12.0. The Morgan fingerprint density at radius 3 is 2.18 bits per heavy atom. The summed E-state index contributed by atoms with van der Waals surface area (Å²) >= 11 is 0. The van der Waals surface area contributed by atoms with Crippen molar-refractivity contribution in [1.82, 2.24) is 35.5 Å². The highest BCUT2D eigenvalue weighted by molar-refractivity contribution is 5.91. The molecule has 3 aromatic carbocycles. The number of imidazole rings is 2. The van der Waals surface area contributed by atoms with E-state index < -0.39 is 12.1 Å². The Balaban J connectivity index is 0.912. The number of hydrogen-bond acceptors (Lipinski definition) is 6. The van der Waals surface area contributed by atoms with Crippen LogP contribution < -0.4 is 10.6 Å². The number of H-pyrrole nitrogens is 2. The first kappa shape index (κ1) is 32.0. The number of piperidine rings is 1. The summed E-state index contributed by atoms with van der Waals surface area (Å²) in [6.07, 6.45) is 10.2. The van der Waals surface area contributed by atoms with Crippen LogP contribution in [0, 0.1) is 17.3 Å². The van der Waals surface area contributed by atoms with Crippen LogP contribution in [-0.2, 0) is 9.53 Å². The number of aromatic nitrogens is 4. The van der Waals surface area contributed by atoms with Crippen molar-refractivity contribution >= 4 is 22.8 Å². The number of likely N-dealkylation sites (tertiary alicyclic amines) is 1. The van der Waals surface area contributed by atoms with Gasteiger partial charge in [0.15, 0.2) is 0 Å². The van der Waals surface area contributed by atoms with E-state index in [9.17, 15) is 9.59 Å². The summed E-state index contributed by atoms with van der Waals surface area (Å²) in [7, 11) is 1.32. The molecule has 2 aliphatic carbocycles. The molecule has 10 heteroatoms. The van der Waals surface area contributed by atoms with Gasteiger partial charge in [0.2, 0.25) is 5.91 Å². The van der Waals surface area contributed by atoms with Crippen LogP contribution in [0.1, 0.15) is 76.1 Å². The van der Waals surface area contributed by atoms with Crippen molar-refractivity contribution in [3.63, 3.8) is 0 Å². The minimum atomic E-state index is -0.662. The number of nitrogens with zero attached hydrogens (tertiary/aromatic N) is 3. The van der Waals surface area contributed by atoms with Gasteiger partial charge in [-0.25, -0.2) is 14.8 Å². The molecule has 2 aliphatic heterocycles. The minimum absolute atomic E-state index is 0.0813. The van der Waals surface area contributed by atoms with Gasteiger partial charge >= 0.3 is 6.09 Å². The van der Waals surface area contributed by atoms with Gasteiger partial charge in [0.1, 0.15) is 17.7 Å². The predicted octanol–water partition coefficient (Wildman–Crippen LogP) is 7.53. The first-order valence-electron chi connectivity index (χ1n) is 18.4. The summed E-state index contributed by atoms with van der Waals surface area (Å²) in [4.78, 5) is 44.5. The zero-order valence-electron chi connectivity index (χ0n) is 29.4. The summed E-state index contributed by atoms with van der Waals surface area (Å²) < 4.78 is 4.82. The number of hydrogen-bond donors (Lipinski definition) is 4. The van der Waals surface area contributed by atoms with E-state index in [4.69, 9.17) is 14.7 Å². The Hall–Kier alpha value is -4.96. The van der Waals surface area contributed by atoms with Gasteiger partial charge in [-0.05, 0) is 95.4 Å². The van der Waals surface area contributed by atoms with Crippen LogP contribution >= 0.6 is 0 Å². The highest BCUT2D eigenvalue weighted by Gasteiger charge is 2.55. The highest BCUT2D eigenvalue weighted by Crippen LogP contribution is 2.58. The smallest absolute Gasteiger partial charge is 0.407 e. The van der Waals surface area contributed by atoms with Crippen molar-refractivity contribution in [3.8, 4) is 33.6 Å². The van der Waals surface area contributed by atoms with Crippen molar-refractivity contribution in [2.45, 2.75) is 76.5 Å². The zero-order valence-corrected chi connectivity index (χ0v) is 29.4. The molecule has 262 valence electrons. The van der Waals surface area contributed by atoms with Crippen molar-refractivity contribution < 1.29 is 14.3 Å². The normalized spacial score (nSPS) is 23.7. The third kappa shape index (κ3) is 5.89. The minimum Gasteiger partial charge on any atom is -0.453 e. The van der Waals surface area contributed by atoms with Crippen molar-refractivity contribution in [2.24, 2.45) is 17.3 Å². The molecule has 2 saturated heterocycles. The second kappa shape index (κ2) is 12.4. The van der Waals surface area contributed by atoms with Crippen molar-refractivity contribution in [1.29, 1.82) is 0 Å². The second-order valence-electron chi connectivity index (χ2n) is 15.7. The van der Waals surface area contributed by atoms with Crippen molar-refractivity contribution in [2.75, 3.05) is 13.7 Å². The molecule has 2 amide bonds. The highest BCUT2D eigenvalue weighted by atomic mass is 16.5. The molecule has 1 spiro atoms. The summed E-state index contributed by atoms with van der Waals surface area (Å²) in [5, 5.41) is 8.81. The van der Waals surface area contributed by atoms with E-state index in [0.717, 1.165) is 64.2 Å². The fraction of sp³-hybridized carbons (Fsp3) is 0.415. The third-order valence-electron chi connectivity index (χ3n) is 12.0. The van der Waals surface area contributed by atoms with Crippen molar-refractivity contribution in [3.05, 3.63) is 84.7 Å². The van der Waals surface area contributed by atoms with Crippen LogP contribution in [0.25, 0.3) is 44.4 Å². The maximum atomic E-state index is 13.8. The van der Waals surface area contributed by atoms with Gasteiger partial charge in [0.25, 0.3) is 0 Å². The topological polar surface area (TPSA) is 128 Å². The maximum absolute atomic E-state index is 13.8. The van der Waals surface area contributed by atoms with E-state index >= 15 is 0 Å². The van der Waals surface area contributed by atoms with Crippen LogP contribution in [-0.4, -0.2) is 62.6 Å². The molecular weight excluding hydrogens is 638 g/mol. The fourth-order valence-corrected chi connectivity index (χ4v) is 8.84. The molecule has 2 aromatic heterocycles. The summed E-state index contributed by atoms with van der Waals surface area (Å²) in [5.41, 5.74) is 6.65. The van der Waals surface area contributed by atoms with Crippen LogP contribution in [0.2, 0.25) is 0 Å². The van der Waals surface area contributed by atoms with Crippen LogP contribution in [0.4, 0.5) is 4.79 Å². The van der Waals surface area contributed by atoms with E-state index in [0.29, 0.717) is 24.5 Å². The lowest BCUT2D eigenvalue weighted by molar-refractivity contribution is -0.135. The monoisotopic (exact) mass is 683 g/mol. The number of ether oxygens (including phenoxy) is 1. The molecule has 4 N–H and O–H groups in total. The molecule has 10 nitrogen and oxygen atoms in total. The Labute approximate surface area is 297 Å². The number of carbonyl (C=O) groups is 2. The number of carbonyl (C=O) groups excluding carboxylic acids is 2. The molecule has 2 bridgehead atoms. The average Bonchev–Trinajstić information content (AvgIpc) is 3.79. The molecule has 0 radical (unpaired) electrons. The summed E-state index contributed by atoms with van der Waals surface area (Å²) in [6, 6.07) is 22.0. The molecule has 5 atom stereocenters. The van der Waals surface area contributed by atoms with Gasteiger partial charge in [-0.15, -0.1) is 0 Å². The summed E-state index contributed by atoms with van der Waals surface area (Å²) in [6.45, 7) is 4.56. The molecule has 9 rings (SSSR count). The fourth-order valence-electron chi connectivity index (χ4n) is 8.84. The van der Waals surface area contributed by atoms with Crippen LogP contribution in [0.5, 0.6) is 0 Å². The van der Waals surface area contributed by atoms with E-state index in [-0.39, 0.29) is 23.3 Å². The lowest BCUT2D eigenvalue weighted by Crippen LogP contribution is -2.51. The number of rotatable bonds is 8. The van der Waals surface area contributed by atoms with Crippen LogP contribution in [0.15, 0.2) is 73.1 Å². The number of benzene rings is 3. The van der Waals surface area contributed by atoms with Gasteiger partial charge < -0.3 is 30.2 Å². The van der Waals surface area contributed by atoms with E-state index in [2.05, 4.69) is 81.3 Å². The maximum Gasteiger partial charge on any atom is 0.407 e. The number of nitrogens with one attached hydrogen (secondary N) is 4. The second-order valence-corrected chi connectivity index (χ2v) is 15.7. The molecule has 4 heterocycles. The Bertz CT molecular complexity index is 2110. The zero-order chi connectivity index (χ0) is 34.9. The van der Waals surface area contributed by atoms with E-state index in [1.54, 1.807) is 0 Å². The quantitative estimate of drug-likeness (QED) is 0.134. The Morgan fingerprint density at radius 1 is 0.863 bits per heavy atom. The van der Waals surface area contributed by atoms with E-state index in [1.807, 2.05) is 31.1 Å². The Morgan fingerprint density at radius 2 is 1.51 bits per heavy atom. The SMILES string of the molecule is COC(=O)N[C@H](C(=O)N1CC2(CC2)C[C@H]1c1ncc(-c2ccc3cc(-c4ccc(-c5cnc([C@H]6N[C@@H]7CC[C@@H]6C7)[nH]5)cc4)ccc3c2)[nH]1)C(C)C. The van der Waals surface area contributed by atoms with Gasteiger partial charge in [0, 0.05) is 18.2 Å². The number of amides is 2. The average molecular weight is 684 g/mol. The molecule has 51 heavy (non-hydrogen) atoms. The van der Waals surface area contributed by atoms with Gasteiger partial charge in [-0.1, -0.05) is 62.4 Å². The van der Waals surface area contributed by atoms with Gasteiger partial charge in [-0.2, -0.15) is 0 Å². The van der Waals surface area contributed by atoms with E-state index in [1.165, 1.54) is 37.5 Å². The number of fused-ring (bicyclic) bond motifs is 3. The first-order chi connectivity index (χ1) is 24.8. The number of alkyl carbamates (subject to hydrolysis) is 1. The van der Waals surface area contributed by atoms with Gasteiger partial charge in [0.05, 0.1) is 43.0 Å². The molecule has 5 aromatic rings. The largest absolute Gasteiger partial charge is 0.453 e. The van der Waals surface area contributed by atoms with Crippen LogP contribution in [0.3, 0.4) is 0 Å². The lowest BCUT2D eigenvalue weighted by Gasteiger charge is -2.30. The molecule has 4 aliphatic rings. The molecule has 4 fully saturated rings. The molecule has 2 saturated carbocycles. The summed E-state index contributed by atoms with van der Waals surface area (Å²) in [5.74, 6) is 2.39. The predicted molar refractivity (Wildman–Crippen MR) is 196 cm³/mol. The number of aromatic amines is 2. The van der Waals surface area contributed by atoms with Gasteiger partial charge in [-0.3, -0.25) is 4.79 Å². The molecule has 0 unspecified atom stereocenters. The Kier molecular flexibility index (Phi) is 7.76. The first-order valence-corrected chi connectivity index (χ1v) is 18.4. The lowest BCUT2D eigenvalue weighted by atomic mass is 9.98.